The molecular formula is C39H57NO2. The molecule has 9 aliphatic rings. The maximum Gasteiger partial charge on any atom is 0.0652 e. The van der Waals surface area contributed by atoms with E-state index in [0.717, 1.165) is 36.7 Å². The van der Waals surface area contributed by atoms with Crippen molar-refractivity contribution < 1.29 is 9.84 Å². The minimum Gasteiger partial charge on any atom is -0.396 e. The van der Waals surface area contributed by atoms with Gasteiger partial charge < -0.3 is 9.84 Å². The molecule has 9 rings (SSSR count). The van der Waals surface area contributed by atoms with Gasteiger partial charge in [-0.25, -0.2) is 0 Å². The molecule has 3 nitrogen and oxygen atoms in total. The fraction of sp³-hybridized carbons (Fsp3) is 0.846. The molecule has 5 saturated carbocycles. The molecule has 2 bridgehead atoms. The van der Waals surface area contributed by atoms with Crippen LogP contribution in [0.3, 0.4) is 0 Å². The molecule has 6 fully saturated rings. The van der Waals surface area contributed by atoms with Gasteiger partial charge in [-0.15, -0.1) is 0 Å². The molecule has 3 heteroatoms. The van der Waals surface area contributed by atoms with Gasteiger partial charge >= 0.3 is 0 Å². The molecule has 230 valence electrons. The zero-order valence-electron chi connectivity index (χ0n) is 27.1. The van der Waals surface area contributed by atoms with Gasteiger partial charge in [-0.2, -0.15) is 0 Å². The van der Waals surface area contributed by atoms with Crippen molar-refractivity contribution in [2.24, 2.45) is 51.2 Å². The maximum atomic E-state index is 9.66. The first kappa shape index (κ1) is 27.4. The molecule has 2 aliphatic heterocycles. The van der Waals surface area contributed by atoms with Crippen LogP contribution >= 0.6 is 0 Å². The first-order valence-electron chi connectivity index (χ1n) is 18.4. The van der Waals surface area contributed by atoms with E-state index < -0.39 is 0 Å². The molecule has 7 aliphatic carbocycles. The third-order valence-electron chi connectivity index (χ3n) is 17.0. The summed E-state index contributed by atoms with van der Waals surface area (Å²) >= 11 is 0. The van der Waals surface area contributed by atoms with E-state index in [4.69, 9.17) is 4.74 Å². The average Bonchev–Trinajstić information content (AvgIpc) is 3.18. The number of allylic oxidation sites excluding steroid dienone is 3. The molecule has 0 amide bonds. The Balaban J connectivity index is 1.26. The summed E-state index contributed by atoms with van der Waals surface area (Å²) in [5, 5.41) is 9.66. The third-order valence-corrected chi connectivity index (χ3v) is 17.0. The van der Waals surface area contributed by atoms with E-state index in [0.29, 0.717) is 40.4 Å². The molecule has 4 spiro atoms. The third kappa shape index (κ3) is 2.73. The number of aliphatic hydroxyl groups is 1. The van der Waals surface area contributed by atoms with E-state index in [-0.39, 0.29) is 11.0 Å². The van der Waals surface area contributed by atoms with Crippen LogP contribution in [0, 0.1) is 51.2 Å². The Bertz CT molecular complexity index is 1270. The van der Waals surface area contributed by atoms with Crippen molar-refractivity contribution in [3.8, 4) is 0 Å². The topological polar surface area (TPSA) is 32.5 Å². The van der Waals surface area contributed by atoms with Crippen molar-refractivity contribution >= 4 is 0 Å². The molecule has 42 heavy (non-hydrogen) atoms. The average molecular weight is 572 g/mol. The standard InChI is InChI=1S/C39H57NO2/c1-5-42-30-10-9-29-12-17-35(32(29)22-30)23-27(3)38-20-11-26(2)33(38)24-39(35)34(38,4)15-7-16-37(39)19-14-31-28(8-6-21-41)13-18-36(31)25-40(36)37/h7,14,16,19,27-32,41H,5-6,8-13,15,17-18,20-25H2,1-4H3. The monoisotopic (exact) mass is 571 g/mol. The van der Waals surface area contributed by atoms with Crippen LogP contribution in [0.2, 0.25) is 0 Å². The highest BCUT2D eigenvalue weighted by Gasteiger charge is 2.87. The first-order valence-corrected chi connectivity index (χ1v) is 18.4. The molecule has 1 saturated heterocycles. The molecule has 2 heterocycles. The molecule has 13 atom stereocenters. The van der Waals surface area contributed by atoms with E-state index in [1.165, 1.54) is 90.0 Å². The van der Waals surface area contributed by atoms with Crippen molar-refractivity contribution in [2.45, 2.75) is 135 Å². The second-order valence-corrected chi connectivity index (χ2v) is 17.4. The number of fused-ring (bicyclic) bond motifs is 3. The summed E-state index contributed by atoms with van der Waals surface area (Å²) in [6, 6.07) is 0. The fourth-order valence-corrected chi connectivity index (χ4v) is 15.8. The van der Waals surface area contributed by atoms with Gasteiger partial charge in [0.05, 0.1) is 11.6 Å². The lowest BCUT2D eigenvalue weighted by Gasteiger charge is -2.74. The lowest BCUT2D eigenvalue weighted by atomic mass is 9.31. The van der Waals surface area contributed by atoms with Crippen molar-refractivity contribution in [2.75, 3.05) is 19.8 Å². The molecule has 13 unspecified atom stereocenters. The number of ether oxygens (including phenoxy) is 1. The molecule has 0 radical (unpaired) electrons. The van der Waals surface area contributed by atoms with Crippen molar-refractivity contribution in [3.63, 3.8) is 0 Å². The Kier molecular flexibility index (Phi) is 5.66. The van der Waals surface area contributed by atoms with Crippen LogP contribution in [-0.2, 0) is 4.74 Å². The molecular weight excluding hydrogens is 514 g/mol. The molecule has 0 aromatic rings. The van der Waals surface area contributed by atoms with Gasteiger partial charge in [0.15, 0.2) is 0 Å². The Morgan fingerprint density at radius 1 is 1.10 bits per heavy atom. The van der Waals surface area contributed by atoms with Gasteiger partial charge in [0.1, 0.15) is 0 Å². The van der Waals surface area contributed by atoms with Crippen LogP contribution in [0.5, 0.6) is 0 Å². The Hall–Kier alpha value is -0.900. The Morgan fingerprint density at radius 3 is 2.81 bits per heavy atom. The quantitative estimate of drug-likeness (QED) is 0.266. The van der Waals surface area contributed by atoms with Crippen molar-refractivity contribution in [3.05, 3.63) is 35.5 Å². The minimum atomic E-state index is 0.0561. The highest BCUT2D eigenvalue weighted by Crippen LogP contribution is 2.90. The summed E-state index contributed by atoms with van der Waals surface area (Å²) in [6.45, 7) is 12.8. The normalized spacial score (nSPS) is 57.9. The van der Waals surface area contributed by atoms with Gasteiger partial charge in [0, 0.05) is 36.1 Å². The Labute approximate surface area is 255 Å². The van der Waals surface area contributed by atoms with Crippen LogP contribution in [0.1, 0.15) is 118 Å². The van der Waals surface area contributed by atoms with E-state index in [9.17, 15) is 5.11 Å². The maximum absolute atomic E-state index is 9.66. The van der Waals surface area contributed by atoms with Gasteiger partial charge in [-0.1, -0.05) is 49.3 Å². The van der Waals surface area contributed by atoms with E-state index in [1.807, 2.05) is 5.57 Å². The molecule has 0 aromatic heterocycles. The molecule has 0 aromatic carbocycles. The van der Waals surface area contributed by atoms with Gasteiger partial charge in [0.2, 0.25) is 0 Å². The SMILES string of the molecule is CCOC1CCC2CCC3(CC(C)C45CCC(C)=C4CC34C3(C=CCC54C)C=CC4C(CCCO)CCC45CN53)C2C1. The van der Waals surface area contributed by atoms with Crippen LogP contribution < -0.4 is 0 Å². The first-order chi connectivity index (χ1) is 20.3. The summed E-state index contributed by atoms with van der Waals surface area (Å²) in [4.78, 5) is 3.13. The van der Waals surface area contributed by atoms with Gasteiger partial charge in [-0.05, 0) is 144 Å². The number of aliphatic hydroxyl groups excluding tert-OH is 1. The van der Waals surface area contributed by atoms with Gasteiger partial charge in [-0.3, -0.25) is 4.90 Å². The number of nitrogens with zero attached hydrogens (tertiary/aromatic N) is 1. The van der Waals surface area contributed by atoms with Gasteiger partial charge in [0.25, 0.3) is 0 Å². The second kappa shape index (κ2) is 8.67. The second-order valence-electron chi connectivity index (χ2n) is 17.4. The van der Waals surface area contributed by atoms with E-state index >= 15 is 0 Å². The fourth-order valence-electron chi connectivity index (χ4n) is 15.8. The molecule has 1 N–H and O–H groups in total. The summed E-state index contributed by atoms with van der Waals surface area (Å²) in [6.07, 6.45) is 30.3. The van der Waals surface area contributed by atoms with E-state index in [2.05, 4.69) is 56.9 Å². The smallest absolute Gasteiger partial charge is 0.0652 e. The Morgan fingerprint density at radius 2 is 1.98 bits per heavy atom. The van der Waals surface area contributed by atoms with Crippen molar-refractivity contribution in [1.82, 2.24) is 4.90 Å². The predicted octanol–water partition coefficient (Wildman–Crippen LogP) is 8.24. The lowest BCUT2D eigenvalue weighted by Crippen LogP contribution is -2.73. The minimum absolute atomic E-state index is 0.0561. The highest BCUT2D eigenvalue weighted by molar-refractivity contribution is 5.54. The number of rotatable bonds is 5. The summed E-state index contributed by atoms with van der Waals surface area (Å²) in [7, 11) is 0. The van der Waals surface area contributed by atoms with Crippen molar-refractivity contribution in [1.29, 1.82) is 0 Å². The largest absolute Gasteiger partial charge is 0.396 e. The van der Waals surface area contributed by atoms with Crippen LogP contribution in [0.25, 0.3) is 0 Å². The lowest BCUT2D eigenvalue weighted by molar-refractivity contribution is -0.237. The van der Waals surface area contributed by atoms with Crippen LogP contribution in [0.4, 0.5) is 0 Å². The summed E-state index contributed by atoms with van der Waals surface area (Å²) < 4.78 is 6.48. The zero-order chi connectivity index (χ0) is 28.8. The predicted molar refractivity (Wildman–Crippen MR) is 169 cm³/mol. The van der Waals surface area contributed by atoms with Crippen LogP contribution in [-0.4, -0.2) is 46.9 Å². The highest BCUT2D eigenvalue weighted by atomic mass is 16.5. The summed E-state index contributed by atoms with van der Waals surface area (Å²) in [5.41, 5.74) is 5.51. The zero-order valence-corrected chi connectivity index (χ0v) is 27.1. The number of hydrogen-bond acceptors (Lipinski definition) is 3. The van der Waals surface area contributed by atoms with Crippen LogP contribution in [0.15, 0.2) is 35.5 Å². The van der Waals surface area contributed by atoms with E-state index in [1.54, 1.807) is 5.57 Å². The number of hydrogen-bond donors (Lipinski definition) is 1. The summed E-state index contributed by atoms with van der Waals surface area (Å²) in [5.74, 6) is 3.94.